The highest BCUT2D eigenvalue weighted by Crippen LogP contribution is 2.42. The van der Waals surface area contributed by atoms with Crippen LogP contribution in [0, 0.1) is 0 Å². The molecular formula is C14H20N4OS2. The van der Waals surface area contributed by atoms with Crippen LogP contribution in [0.2, 0.25) is 0 Å². The number of thioether (sulfide) groups is 1. The summed E-state index contributed by atoms with van der Waals surface area (Å²) in [5.41, 5.74) is 0.772. The van der Waals surface area contributed by atoms with E-state index < -0.39 is 0 Å². The van der Waals surface area contributed by atoms with Crippen molar-refractivity contribution in [2.75, 3.05) is 18.1 Å². The zero-order valence-electron chi connectivity index (χ0n) is 12.4. The van der Waals surface area contributed by atoms with Gasteiger partial charge in [-0.25, -0.2) is 4.98 Å². The molecule has 0 radical (unpaired) electrons. The number of hydrogen-bond acceptors (Lipinski definition) is 6. The van der Waals surface area contributed by atoms with E-state index in [1.54, 1.807) is 6.07 Å². The van der Waals surface area contributed by atoms with Crippen LogP contribution in [-0.2, 0) is 6.42 Å². The second kappa shape index (κ2) is 5.96. The molecule has 114 valence electrons. The number of anilines is 1. The normalized spacial score (nSPS) is 16.9. The molecule has 0 saturated heterocycles. The van der Waals surface area contributed by atoms with Crippen LogP contribution in [0.15, 0.2) is 10.9 Å². The van der Waals surface area contributed by atoms with Gasteiger partial charge in [0.25, 0.3) is 5.56 Å². The van der Waals surface area contributed by atoms with Crippen molar-refractivity contribution < 1.29 is 0 Å². The molecule has 7 heteroatoms. The SMILES string of the molecule is CCCc1cc(=O)n2nc(NCC3(SC)CCC3)sc2n1. The summed E-state index contributed by atoms with van der Waals surface area (Å²) in [6.07, 6.45) is 7.81. The average molecular weight is 324 g/mol. The molecule has 0 aromatic carbocycles. The summed E-state index contributed by atoms with van der Waals surface area (Å²) >= 11 is 3.39. The van der Waals surface area contributed by atoms with Gasteiger partial charge in [-0.1, -0.05) is 31.1 Å². The molecule has 21 heavy (non-hydrogen) atoms. The van der Waals surface area contributed by atoms with Crippen molar-refractivity contribution in [1.29, 1.82) is 0 Å². The molecule has 0 bridgehead atoms. The van der Waals surface area contributed by atoms with Gasteiger partial charge in [0.15, 0.2) is 0 Å². The number of nitrogens with one attached hydrogen (secondary N) is 1. The second-order valence-electron chi connectivity index (χ2n) is 5.53. The van der Waals surface area contributed by atoms with Gasteiger partial charge in [0.2, 0.25) is 10.1 Å². The Morgan fingerprint density at radius 2 is 2.33 bits per heavy atom. The smallest absolute Gasteiger partial charge is 0.275 e. The van der Waals surface area contributed by atoms with E-state index in [0.29, 0.717) is 9.71 Å². The molecule has 0 spiro atoms. The van der Waals surface area contributed by atoms with E-state index in [0.717, 1.165) is 30.2 Å². The summed E-state index contributed by atoms with van der Waals surface area (Å²) in [4.78, 5) is 17.2. The van der Waals surface area contributed by atoms with Crippen LogP contribution in [0.5, 0.6) is 0 Å². The molecule has 0 unspecified atom stereocenters. The Kier molecular flexibility index (Phi) is 4.21. The Morgan fingerprint density at radius 3 is 2.95 bits per heavy atom. The van der Waals surface area contributed by atoms with Crippen LogP contribution in [-0.4, -0.2) is 32.1 Å². The van der Waals surface area contributed by atoms with E-state index in [4.69, 9.17) is 0 Å². The fourth-order valence-corrected chi connectivity index (χ4v) is 4.31. The fourth-order valence-electron chi connectivity index (χ4n) is 2.57. The number of nitrogens with zero attached hydrogens (tertiary/aromatic N) is 3. The molecule has 0 atom stereocenters. The number of aromatic nitrogens is 3. The molecule has 1 fully saturated rings. The van der Waals surface area contributed by atoms with Gasteiger partial charge < -0.3 is 5.32 Å². The van der Waals surface area contributed by atoms with Gasteiger partial charge >= 0.3 is 0 Å². The molecular weight excluding hydrogens is 304 g/mol. The van der Waals surface area contributed by atoms with Gasteiger partial charge in [-0.05, 0) is 25.5 Å². The Bertz CT molecular complexity index is 684. The Labute approximate surface area is 132 Å². The summed E-state index contributed by atoms with van der Waals surface area (Å²) in [5.74, 6) is 0. The highest BCUT2D eigenvalue weighted by molar-refractivity contribution is 8.00. The fraction of sp³-hybridized carbons (Fsp3) is 0.643. The van der Waals surface area contributed by atoms with Crippen molar-refractivity contribution in [2.24, 2.45) is 0 Å². The molecule has 0 amide bonds. The van der Waals surface area contributed by atoms with Crippen molar-refractivity contribution in [1.82, 2.24) is 14.6 Å². The van der Waals surface area contributed by atoms with E-state index in [1.165, 1.54) is 35.1 Å². The molecule has 2 aromatic rings. The highest BCUT2D eigenvalue weighted by Gasteiger charge is 2.36. The molecule has 1 aliphatic rings. The summed E-state index contributed by atoms with van der Waals surface area (Å²) in [7, 11) is 0. The topological polar surface area (TPSA) is 59.3 Å². The first-order chi connectivity index (χ1) is 10.2. The first-order valence-corrected chi connectivity index (χ1v) is 9.39. The lowest BCUT2D eigenvalue weighted by atomic mass is 9.84. The van der Waals surface area contributed by atoms with Gasteiger partial charge in [0.1, 0.15) is 0 Å². The van der Waals surface area contributed by atoms with Crippen molar-refractivity contribution in [3.05, 3.63) is 22.1 Å². The van der Waals surface area contributed by atoms with Crippen LogP contribution in [0.25, 0.3) is 4.96 Å². The Hall–Kier alpha value is -1.08. The molecule has 1 saturated carbocycles. The molecule has 0 aliphatic heterocycles. The van der Waals surface area contributed by atoms with Crippen molar-refractivity contribution in [3.63, 3.8) is 0 Å². The maximum Gasteiger partial charge on any atom is 0.275 e. The number of rotatable bonds is 6. The second-order valence-corrected chi connectivity index (χ2v) is 7.76. The third-order valence-electron chi connectivity index (χ3n) is 4.06. The predicted octanol–water partition coefficient (Wildman–Crippen LogP) is 2.80. The average Bonchev–Trinajstić information content (AvgIpc) is 2.82. The van der Waals surface area contributed by atoms with Crippen LogP contribution in [0.4, 0.5) is 5.13 Å². The van der Waals surface area contributed by atoms with Crippen molar-refractivity contribution in [2.45, 2.75) is 43.8 Å². The van der Waals surface area contributed by atoms with Crippen LogP contribution in [0.3, 0.4) is 0 Å². The Balaban J connectivity index is 1.80. The number of hydrogen-bond donors (Lipinski definition) is 1. The largest absolute Gasteiger partial charge is 0.359 e. The maximum atomic E-state index is 12.0. The first-order valence-electron chi connectivity index (χ1n) is 7.35. The van der Waals surface area contributed by atoms with Crippen LogP contribution < -0.4 is 10.9 Å². The monoisotopic (exact) mass is 324 g/mol. The first kappa shape index (κ1) is 14.8. The van der Waals surface area contributed by atoms with E-state index >= 15 is 0 Å². The standard InChI is InChI=1S/C14H20N4OS2/c1-3-5-10-8-11(19)18-13(16-10)21-12(17-18)15-9-14(20-2)6-4-7-14/h8H,3-7,9H2,1-2H3,(H,15,17). The van der Waals surface area contributed by atoms with Crippen LogP contribution >= 0.6 is 23.1 Å². The predicted molar refractivity (Wildman–Crippen MR) is 89.7 cm³/mol. The van der Waals surface area contributed by atoms with E-state index in [2.05, 4.69) is 28.6 Å². The van der Waals surface area contributed by atoms with Crippen molar-refractivity contribution >= 4 is 33.2 Å². The lowest BCUT2D eigenvalue weighted by Gasteiger charge is -2.40. The van der Waals surface area contributed by atoms with Gasteiger partial charge in [0.05, 0.1) is 0 Å². The molecule has 1 N–H and O–H groups in total. The highest BCUT2D eigenvalue weighted by atomic mass is 32.2. The molecule has 3 rings (SSSR count). The van der Waals surface area contributed by atoms with Crippen LogP contribution in [0.1, 0.15) is 38.3 Å². The summed E-state index contributed by atoms with van der Waals surface area (Å²) in [6.45, 7) is 2.99. The Morgan fingerprint density at radius 1 is 1.52 bits per heavy atom. The van der Waals surface area contributed by atoms with Gasteiger partial charge in [0, 0.05) is 23.1 Å². The lowest BCUT2D eigenvalue weighted by molar-refractivity contribution is 0.380. The quantitative estimate of drug-likeness (QED) is 0.885. The summed E-state index contributed by atoms with van der Waals surface area (Å²) < 4.78 is 1.75. The van der Waals surface area contributed by atoms with Gasteiger partial charge in [-0.15, -0.1) is 5.10 Å². The van der Waals surface area contributed by atoms with Crippen molar-refractivity contribution in [3.8, 4) is 0 Å². The van der Waals surface area contributed by atoms with E-state index in [-0.39, 0.29) is 5.56 Å². The molecule has 1 aliphatic carbocycles. The number of aryl methyl sites for hydroxylation is 1. The lowest BCUT2D eigenvalue weighted by Crippen LogP contribution is -2.40. The zero-order valence-corrected chi connectivity index (χ0v) is 14.0. The molecule has 2 aromatic heterocycles. The maximum absolute atomic E-state index is 12.0. The minimum absolute atomic E-state index is 0.0871. The zero-order chi connectivity index (χ0) is 14.9. The summed E-state index contributed by atoms with van der Waals surface area (Å²) in [5, 5.41) is 8.53. The van der Waals surface area contributed by atoms with E-state index in [9.17, 15) is 4.79 Å². The van der Waals surface area contributed by atoms with Gasteiger partial charge in [-0.2, -0.15) is 16.3 Å². The molecule has 2 heterocycles. The third-order valence-corrected chi connectivity index (χ3v) is 6.35. The minimum atomic E-state index is -0.0871. The third kappa shape index (κ3) is 2.94. The van der Waals surface area contributed by atoms with E-state index in [1.807, 2.05) is 11.8 Å². The van der Waals surface area contributed by atoms with Gasteiger partial charge in [-0.3, -0.25) is 4.79 Å². The summed E-state index contributed by atoms with van der Waals surface area (Å²) in [6, 6.07) is 1.59. The number of fused-ring (bicyclic) bond motifs is 1. The minimum Gasteiger partial charge on any atom is -0.359 e. The molecule has 5 nitrogen and oxygen atoms in total.